The van der Waals surface area contributed by atoms with E-state index in [0.717, 1.165) is 38.5 Å². The van der Waals surface area contributed by atoms with Crippen molar-refractivity contribution in [2.24, 2.45) is 0 Å². The smallest absolute Gasteiger partial charge is 0.136 e. The first-order chi connectivity index (χ1) is 12.8. The van der Waals surface area contributed by atoms with E-state index in [-0.39, 0.29) is 0 Å². The number of benzene rings is 2. The Balaban J connectivity index is 1.72. The van der Waals surface area contributed by atoms with E-state index in [1.165, 1.54) is 22.1 Å². The largest absolute Gasteiger partial charge is 0.354 e. The number of rotatable bonds is 4. The second kappa shape index (κ2) is 7.34. The number of aromatic nitrogens is 1. The molecule has 2 heterocycles. The summed E-state index contributed by atoms with van der Waals surface area (Å²) in [6, 6.07) is 19.2. The van der Waals surface area contributed by atoms with Crippen molar-refractivity contribution >= 4 is 28.0 Å². The van der Waals surface area contributed by atoms with Gasteiger partial charge in [-0.05, 0) is 30.8 Å². The van der Waals surface area contributed by atoms with Crippen LogP contribution in [0.25, 0.3) is 10.8 Å². The highest BCUT2D eigenvalue weighted by Gasteiger charge is 2.19. The highest BCUT2D eigenvalue weighted by atomic mass is 15.3. The number of fused-ring (bicyclic) bond motifs is 1. The van der Waals surface area contributed by atoms with Crippen molar-refractivity contribution in [2.45, 2.75) is 6.92 Å². The molecule has 0 saturated carbocycles. The van der Waals surface area contributed by atoms with Crippen molar-refractivity contribution in [1.82, 2.24) is 9.88 Å². The average Bonchev–Trinajstić information content (AvgIpc) is 2.73. The maximum absolute atomic E-state index is 4.74. The minimum atomic E-state index is 1.04. The van der Waals surface area contributed by atoms with Gasteiger partial charge in [0, 0.05) is 61.6 Å². The summed E-state index contributed by atoms with van der Waals surface area (Å²) >= 11 is 0. The summed E-state index contributed by atoms with van der Waals surface area (Å²) in [5.41, 5.74) is 2.40. The minimum absolute atomic E-state index is 1.04. The van der Waals surface area contributed by atoms with Crippen molar-refractivity contribution in [1.29, 1.82) is 0 Å². The first kappa shape index (κ1) is 16.9. The minimum Gasteiger partial charge on any atom is -0.354 e. The van der Waals surface area contributed by atoms with Crippen molar-refractivity contribution in [2.75, 3.05) is 49.6 Å². The van der Waals surface area contributed by atoms with E-state index in [1.807, 2.05) is 6.20 Å². The van der Waals surface area contributed by atoms with Crippen LogP contribution < -0.4 is 9.80 Å². The van der Waals surface area contributed by atoms with Crippen LogP contribution >= 0.6 is 0 Å². The lowest BCUT2D eigenvalue weighted by Crippen LogP contribution is -2.46. The summed E-state index contributed by atoms with van der Waals surface area (Å²) in [6.45, 7) is 7.66. The van der Waals surface area contributed by atoms with Crippen molar-refractivity contribution in [3.8, 4) is 0 Å². The third kappa shape index (κ3) is 3.13. The first-order valence-corrected chi connectivity index (χ1v) is 9.41. The van der Waals surface area contributed by atoms with E-state index < -0.39 is 0 Å². The molecular formula is C22H26N4. The Morgan fingerprint density at radius 2 is 1.65 bits per heavy atom. The maximum Gasteiger partial charge on any atom is 0.136 e. The zero-order valence-corrected chi connectivity index (χ0v) is 15.6. The van der Waals surface area contributed by atoms with E-state index in [9.17, 15) is 0 Å². The van der Waals surface area contributed by atoms with Crippen LogP contribution in [-0.4, -0.2) is 49.7 Å². The number of likely N-dealkylation sites (N-methyl/N-ethyl adjacent to an activating group) is 1. The lowest BCUT2D eigenvalue weighted by Gasteiger charge is -2.35. The van der Waals surface area contributed by atoms with E-state index >= 15 is 0 Å². The first-order valence-electron chi connectivity index (χ1n) is 9.41. The third-order valence-corrected chi connectivity index (χ3v) is 5.39. The molecule has 4 heteroatoms. The number of anilines is 3. The van der Waals surface area contributed by atoms with E-state index in [2.05, 4.69) is 83.3 Å². The van der Waals surface area contributed by atoms with Crippen LogP contribution in [0.15, 0.2) is 60.8 Å². The summed E-state index contributed by atoms with van der Waals surface area (Å²) < 4.78 is 0. The zero-order valence-electron chi connectivity index (χ0n) is 15.6. The lowest BCUT2D eigenvalue weighted by molar-refractivity contribution is 0.271. The van der Waals surface area contributed by atoms with Crippen LogP contribution in [0.4, 0.5) is 17.2 Å². The second-order valence-corrected chi connectivity index (χ2v) is 6.82. The van der Waals surface area contributed by atoms with Gasteiger partial charge >= 0.3 is 0 Å². The fraction of sp³-hybridized carbons (Fsp3) is 0.318. The summed E-state index contributed by atoms with van der Waals surface area (Å²) in [4.78, 5) is 11.9. The predicted octanol–water partition coefficient (Wildman–Crippen LogP) is 4.14. The predicted molar refractivity (Wildman–Crippen MR) is 111 cm³/mol. The fourth-order valence-electron chi connectivity index (χ4n) is 3.79. The van der Waals surface area contributed by atoms with Gasteiger partial charge in [-0.3, -0.25) is 0 Å². The van der Waals surface area contributed by atoms with Gasteiger partial charge in [-0.25, -0.2) is 4.98 Å². The van der Waals surface area contributed by atoms with Gasteiger partial charge in [0.05, 0.1) is 0 Å². The van der Waals surface area contributed by atoms with Gasteiger partial charge in [-0.1, -0.05) is 37.3 Å². The summed E-state index contributed by atoms with van der Waals surface area (Å²) in [7, 11) is 2.13. The highest BCUT2D eigenvalue weighted by Crippen LogP contribution is 2.34. The molecule has 1 aromatic heterocycles. The highest BCUT2D eigenvalue weighted by molar-refractivity contribution is 6.01. The number of nitrogens with zero attached hydrogens (tertiary/aromatic N) is 4. The molecule has 0 N–H and O–H groups in total. The summed E-state index contributed by atoms with van der Waals surface area (Å²) in [5.74, 6) is 1.11. The van der Waals surface area contributed by atoms with Crippen LogP contribution in [0, 0.1) is 0 Å². The Labute approximate surface area is 155 Å². The Bertz CT molecular complexity index is 870. The molecule has 1 aliphatic rings. The molecule has 1 fully saturated rings. The molecule has 0 atom stereocenters. The fourth-order valence-corrected chi connectivity index (χ4v) is 3.79. The topological polar surface area (TPSA) is 22.6 Å². The SMILES string of the molecule is CCN1CCN(c2nccc3c(N(C)c4ccccc4)cccc23)CC1. The number of hydrogen-bond acceptors (Lipinski definition) is 4. The Hall–Kier alpha value is -2.59. The molecule has 0 unspecified atom stereocenters. The molecule has 4 nitrogen and oxygen atoms in total. The van der Waals surface area contributed by atoms with E-state index in [0.29, 0.717) is 0 Å². The molecule has 0 aliphatic carbocycles. The zero-order chi connectivity index (χ0) is 17.9. The van der Waals surface area contributed by atoms with Crippen LogP contribution in [0.1, 0.15) is 6.92 Å². The quantitative estimate of drug-likeness (QED) is 0.708. The van der Waals surface area contributed by atoms with Crippen LogP contribution in [0.2, 0.25) is 0 Å². The van der Waals surface area contributed by atoms with Crippen molar-refractivity contribution < 1.29 is 0 Å². The molecule has 3 aromatic rings. The number of hydrogen-bond donors (Lipinski definition) is 0. The molecule has 0 bridgehead atoms. The summed E-state index contributed by atoms with van der Waals surface area (Å²) in [6.07, 6.45) is 1.95. The molecule has 0 radical (unpaired) electrons. The van der Waals surface area contributed by atoms with Crippen LogP contribution in [0.3, 0.4) is 0 Å². The Morgan fingerprint density at radius 1 is 0.885 bits per heavy atom. The normalized spacial score (nSPS) is 15.4. The van der Waals surface area contributed by atoms with Crippen molar-refractivity contribution in [3.05, 3.63) is 60.8 Å². The van der Waals surface area contributed by atoms with Gasteiger partial charge in [-0.2, -0.15) is 0 Å². The van der Waals surface area contributed by atoms with Gasteiger partial charge in [0.15, 0.2) is 0 Å². The van der Waals surface area contributed by atoms with Gasteiger partial charge in [0.1, 0.15) is 5.82 Å². The lowest BCUT2D eigenvalue weighted by atomic mass is 10.1. The van der Waals surface area contributed by atoms with Gasteiger partial charge < -0.3 is 14.7 Å². The standard InChI is InChI=1S/C22H26N4/c1-3-25-14-16-26(17-15-25)22-20-10-7-11-21(19(20)12-13-23-22)24(2)18-8-5-4-6-9-18/h4-13H,3,14-17H2,1-2H3. The third-order valence-electron chi connectivity index (χ3n) is 5.39. The number of para-hydroxylation sites is 1. The molecule has 1 aliphatic heterocycles. The Morgan fingerprint density at radius 3 is 2.38 bits per heavy atom. The number of piperazine rings is 1. The summed E-state index contributed by atoms with van der Waals surface area (Å²) in [5, 5.41) is 2.49. The maximum atomic E-state index is 4.74. The van der Waals surface area contributed by atoms with Crippen molar-refractivity contribution in [3.63, 3.8) is 0 Å². The van der Waals surface area contributed by atoms with E-state index in [4.69, 9.17) is 4.98 Å². The second-order valence-electron chi connectivity index (χ2n) is 6.82. The number of pyridine rings is 1. The monoisotopic (exact) mass is 346 g/mol. The van der Waals surface area contributed by atoms with Crippen LogP contribution in [-0.2, 0) is 0 Å². The van der Waals surface area contributed by atoms with Gasteiger partial charge in [0.2, 0.25) is 0 Å². The Kier molecular flexibility index (Phi) is 4.76. The molecule has 1 saturated heterocycles. The van der Waals surface area contributed by atoms with Crippen LogP contribution in [0.5, 0.6) is 0 Å². The molecule has 0 spiro atoms. The molecular weight excluding hydrogens is 320 g/mol. The van der Waals surface area contributed by atoms with Gasteiger partial charge in [-0.15, -0.1) is 0 Å². The van der Waals surface area contributed by atoms with E-state index in [1.54, 1.807) is 0 Å². The van der Waals surface area contributed by atoms with Gasteiger partial charge in [0.25, 0.3) is 0 Å². The molecule has 4 rings (SSSR count). The molecule has 2 aromatic carbocycles. The molecule has 134 valence electrons. The molecule has 26 heavy (non-hydrogen) atoms. The molecule has 0 amide bonds. The average molecular weight is 346 g/mol.